The number of carbonyl (C=O) groups is 1. The van der Waals surface area contributed by atoms with E-state index in [9.17, 15) is 4.79 Å². The maximum absolute atomic E-state index is 12.6. The molecule has 3 rings (SSSR count). The van der Waals surface area contributed by atoms with E-state index >= 15 is 0 Å². The predicted octanol–water partition coefficient (Wildman–Crippen LogP) is 2.13. The predicted molar refractivity (Wildman–Crippen MR) is 110 cm³/mol. The molecule has 148 valence electrons. The van der Waals surface area contributed by atoms with E-state index in [0.29, 0.717) is 17.9 Å². The van der Waals surface area contributed by atoms with Crippen LogP contribution < -0.4 is 20.9 Å². The number of aromatic nitrogens is 1. The molecule has 2 saturated heterocycles. The summed E-state index contributed by atoms with van der Waals surface area (Å²) in [7, 11) is 0. The van der Waals surface area contributed by atoms with Gasteiger partial charge in [-0.2, -0.15) is 0 Å². The van der Waals surface area contributed by atoms with Crippen molar-refractivity contribution in [1.82, 2.24) is 15.6 Å². The van der Waals surface area contributed by atoms with Gasteiger partial charge in [-0.1, -0.05) is 12.8 Å². The van der Waals surface area contributed by atoms with Crippen LogP contribution in [-0.4, -0.2) is 55.4 Å². The Morgan fingerprint density at radius 1 is 1.22 bits per heavy atom. The van der Waals surface area contributed by atoms with E-state index < -0.39 is 0 Å². The van der Waals surface area contributed by atoms with E-state index in [-0.39, 0.29) is 17.7 Å². The Bertz CT molecular complexity index is 648. The first-order chi connectivity index (χ1) is 13.2. The lowest BCUT2D eigenvalue weighted by atomic mass is 10.1. The average Bonchev–Trinajstić information content (AvgIpc) is 2.98. The second kappa shape index (κ2) is 9.69. The zero-order valence-electron chi connectivity index (χ0n) is 16.3. The Labute approximate surface area is 161 Å². The van der Waals surface area contributed by atoms with Crippen molar-refractivity contribution in [3.8, 4) is 0 Å². The largest absolute Gasteiger partial charge is 0.370 e. The molecular weight excluding hydrogens is 340 g/mol. The molecule has 1 aromatic heterocycles. The van der Waals surface area contributed by atoms with Gasteiger partial charge in [-0.15, -0.1) is 0 Å². The lowest BCUT2D eigenvalue weighted by Gasteiger charge is -2.25. The fourth-order valence-electron chi connectivity index (χ4n) is 3.77. The molecule has 27 heavy (non-hydrogen) atoms. The van der Waals surface area contributed by atoms with Crippen LogP contribution in [0.25, 0.3) is 0 Å². The van der Waals surface area contributed by atoms with E-state index in [2.05, 4.69) is 20.9 Å². The molecule has 1 aromatic rings. The van der Waals surface area contributed by atoms with Gasteiger partial charge in [0.2, 0.25) is 0 Å². The number of piperidine rings is 1. The van der Waals surface area contributed by atoms with Crippen LogP contribution in [-0.2, 0) is 4.79 Å². The number of anilines is 2. The Kier molecular flexibility index (Phi) is 7.04. The third-order valence-corrected chi connectivity index (χ3v) is 5.33. The molecule has 2 aliphatic heterocycles. The van der Waals surface area contributed by atoms with Gasteiger partial charge in [0, 0.05) is 31.2 Å². The van der Waals surface area contributed by atoms with Gasteiger partial charge in [0.1, 0.15) is 17.3 Å². The van der Waals surface area contributed by atoms with Gasteiger partial charge in [0.05, 0.1) is 0 Å². The first-order valence-corrected chi connectivity index (χ1v) is 10.3. The molecule has 7 heteroatoms. The highest BCUT2D eigenvalue weighted by molar-refractivity contribution is 6.45. The minimum atomic E-state index is -0.314. The molecule has 1 amide bonds. The van der Waals surface area contributed by atoms with Gasteiger partial charge >= 0.3 is 0 Å². The second-order valence-electron chi connectivity index (χ2n) is 7.37. The Morgan fingerprint density at radius 3 is 2.59 bits per heavy atom. The van der Waals surface area contributed by atoms with E-state index in [0.717, 1.165) is 44.8 Å². The summed E-state index contributed by atoms with van der Waals surface area (Å²) in [6, 6.07) is 3.97. The summed E-state index contributed by atoms with van der Waals surface area (Å²) in [6.45, 7) is 6.56. The lowest BCUT2D eigenvalue weighted by Crippen LogP contribution is -2.45. The summed E-state index contributed by atoms with van der Waals surface area (Å²) in [4.78, 5) is 19.7. The lowest BCUT2D eigenvalue weighted by molar-refractivity contribution is -0.115. The minimum Gasteiger partial charge on any atom is -0.370 e. The topological polar surface area (TPSA) is 93.1 Å². The third kappa shape index (κ3) is 5.19. The molecule has 0 radical (unpaired) electrons. The number of nitrogens with one attached hydrogen (secondary N) is 4. The van der Waals surface area contributed by atoms with Crippen molar-refractivity contribution in [2.24, 2.45) is 0 Å². The van der Waals surface area contributed by atoms with Crippen molar-refractivity contribution in [1.29, 1.82) is 5.41 Å². The maximum atomic E-state index is 12.6. The highest BCUT2D eigenvalue weighted by atomic mass is 16.1. The standard InChI is InChI=1S/C20H32N6O/c1-2-23-19-16(18(21)20(27)24-15-9-11-22-12-10-15)7-8-17(25-19)26-13-5-3-4-6-14-26/h7-8,15,21-22H,2-6,9-14H2,1H3,(H,23,25)(H,24,27). The molecule has 0 bridgehead atoms. The van der Waals surface area contributed by atoms with E-state index in [1.807, 2.05) is 19.1 Å². The quantitative estimate of drug-likeness (QED) is 0.574. The van der Waals surface area contributed by atoms with Crippen LogP contribution >= 0.6 is 0 Å². The fourth-order valence-corrected chi connectivity index (χ4v) is 3.77. The molecular formula is C20H32N6O. The summed E-state index contributed by atoms with van der Waals surface area (Å²) < 4.78 is 0. The van der Waals surface area contributed by atoms with Crippen LogP contribution in [0.4, 0.5) is 11.6 Å². The number of hydrogen-bond donors (Lipinski definition) is 4. The fraction of sp³-hybridized carbons (Fsp3) is 0.650. The number of nitrogens with zero attached hydrogens (tertiary/aromatic N) is 2. The van der Waals surface area contributed by atoms with Crippen LogP contribution in [0.15, 0.2) is 12.1 Å². The van der Waals surface area contributed by atoms with Gasteiger partial charge in [0.15, 0.2) is 0 Å². The van der Waals surface area contributed by atoms with Gasteiger partial charge < -0.3 is 20.9 Å². The minimum absolute atomic E-state index is 0.0144. The van der Waals surface area contributed by atoms with E-state index in [1.54, 1.807) is 0 Å². The van der Waals surface area contributed by atoms with Crippen LogP contribution in [0.2, 0.25) is 0 Å². The van der Waals surface area contributed by atoms with Crippen molar-refractivity contribution in [2.45, 2.75) is 51.5 Å². The number of hydrogen-bond acceptors (Lipinski definition) is 6. The number of rotatable bonds is 6. The molecule has 2 fully saturated rings. The van der Waals surface area contributed by atoms with Crippen LogP contribution in [0.3, 0.4) is 0 Å². The highest BCUT2D eigenvalue weighted by Gasteiger charge is 2.22. The average molecular weight is 373 g/mol. The summed E-state index contributed by atoms with van der Waals surface area (Å²) in [5, 5.41) is 17.9. The first kappa shape index (κ1) is 19.6. The molecule has 0 aromatic carbocycles. The van der Waals surface area contributed by atoms with Crippen LogP contribution in [0.5, 0.6) is 0 Å². The molecule has 2 aliphatic rings. The molecule has 0 aliphatic carbocycles. The summed E-state index contributed by atoms with van der Waals surface area (Å²) in [6.07, 6.45) is 6.74. The Balaban J connectivity index is 1.74. The number of amides is 1. The zero-order valence-corrected chi connectivity index (χ0v) is 16.3. The Hall–Kier alpha value is -2.15. The number of carbonyl (C=O) groups excluding carboxylic acids is 1. The maximum Gasteiger partial charge on any atom is 0.270 e. The zero-order chi connectivity index (χ0) is 19.1. The molecule has 7 nitrogen and oxygen atoms in total. The van der Waals surface area contributed by atoms with Crippen molar-refractivity contribution >= 4 is 23.3 Å². The molecule has 3 heterocycles. The molecule has 0 saturated carbocycles. The van der Waals surface area contributed by atoms with Gasteiger partial charge in [-0.05, 0) is 57.8 Å². The van der Waals surface area contributed by atoms with Crippen molar-refractivity contribution < 1.29 is 4.79 Å². The van der Waals surface area contributed by atoms with Gasteiger partial charge in [-0.25, -0.2) is 4.98 Å². The molecule has 0 unspecified atom stereocenters. The van der Waals surface area contributed by atoms with Crippen molar-refractivity contribution in [3.63, 3.8) is 0 Å². The van der Waals surface area contributed by atoms with Gasteiger partial charge in [-0.3, -0.25) is 10.2 Å². The monoisotopic (exact) mass is 372 g/mol. The van der Waals surface area contributed by atoms with Crippen molar-refractivity contribution in [2.75, 3.05) is 42.9 Å². The highest BCUT2D eigenvalue weighted by Crippen LogP contribution is 2.22. The second-order valence-corrected chi connectivity index (χ2v) is 7.37. The van der Waals surface area contributed by atoms with E-state index in [1.165, 1.54) is 25.7 Å². The molecule has 0 atom stereocenters. The van der Waals surface area contributed by atoms with Crippen molar-refractivity contribution in [3.05, 3.63) is 17.7 Å². The smallest absolute Gasteiger partial charge is 0.270 e. The molecule has 4 N–H and O–H groups in total. The van der Waals surface area contributed by atoms with Crippen LogP contribution in [0, 0.1) is 5.41 Å². The first-order valence-electron chi connectivity index (χ1n) is 10.3. The van der Waals surface area contributed by atoms with E-state index in [4.69, 9.17) is 10.4 Å². The third-order valence-electron chi connectivity index (χ3n) is 5.33. The Morgan fingerprint density at radius 2 is 1.93 bits per heavy atom. The summed E-state index contributed by atoms with van der Waals surface area (Å²) in [5.74, 6) is 1.25. The summed E-state index contributed by atoms with van der Waals surface area (Å²) in [5.41, 5.74) is 0.557. The SMILES string of the molecule is CCNc1nc(N2CCCCCC2)ccc1C(=N)C(=O)NC1CCNCC1. The molecule has 0 spiro atoms. The summed E-state index contributed by atoms with van der Waals surface area (Å²) >= 11 is 0. The number of pyridine rings is 1. The van der Waals surface area contributed by atoms with Crippen LogP contribution in [0.1, 0.15) is 51.0 Å². The van der Waals surface area contributed by atoms with Gasteiger partial charge in [0.25, 0.3) is 5.91 Å². The normalized spacial score (nSPS) is 18.6.